The van der Waals surface area contributed by atoms with Crippen LogP contribution in [0.4, 0.5) is 4.79 Å². The minimum Gasteiger partial charge on any atom is -0.441 e. The number of nitrogens with two attached hydrogens (primary N) is 1. The van der Waals surface area contributed by atoms with Crippen molar-refractivity contribution in [2.24, 2.45) is 5.73 Å². The van der Waals surface area contributed by atoms with Gasteiger partial charge in [-0.2, -0.15) is 0 Å². The number of methoxy groups -OCH3 is 2. The van der Waals surface area contributed by atoms with E-state index in [0.717, 1.165) is 0 Å². The predicted octanol–water partition coefficient (Wildman–Crippen LogP) is -0.392. The zero-order valence-corrected chi connectivity index (χ0v) is 10.4. The van der Waals surface area contributed by atoms with Gasteiger partial charge < -0.3 is 29.8 Å². The number of ether oxygens (including phenoxy) is 4. The second-order valence-electron chi connectivity index (χ2n) is 4.37. The minimum absolute atomic E-state index is 0.642. The molecule has 0 spiro atoms. The summed E-state index contributed by atoms with van der Waals surface area (Å²) in [6.45, 7) is 3.49. The van der Waals surface area contributed by atoms with Gasteiger partial charge in [0.05, 0.1) is 5.60 Å². The van der Waals surface area contributed by atoms with E-state index in [0.29, 0.717) is 0 Å². The summed E-state index contributed by atoms with van der Waals surface area (Å²) in [5.41, 5.74) is 4.19. The van der Waals surface area contributed by atoms with Gasteiger partial charge in [0.1, 0.15) is 12.2 Å². The number of aliphatic hydroxyl groups is 1. The molecule has 0 aliphatic carbocycles. The van der Waals surface area contributed by atoms with Crippen molar-refractivity contribution in [1.82, 2.24) is 0 Å². The molecule has 1 saturated heterocycles. The third-order valence-corrected chi connectivity index (χ3v) is 2.76. The summed E-state index contributed by atoms with van der Waals surface area (Å²) in [4.78, 5) is 10.8. The molecule has 4 atom stereocenters. The molecule has 0 aromatic carbocycles. The van der Waals surface area contributed by atoms with Crippen molar-refractivity contribution in [1.29, 1.82) is 0 Å². The van der Waals surface area contributed by atoms with Gasteiger partial charge in [-0.25, -0.2) is 4.79 Å². The number of hydrogen-bond donors (Lipinski definition) is 2. The first-order valence-electron chi connectivity index (χ1n) is 5.21. The highest BCUT2D eigenvalue weighted by molar-refractivity contribution is 5.65. The van der Waals surface area contributed by atoms with Crippen LogP contribution in [0, 0.1) is 0 Å². The molecule has 0 bridgehead atoms. The zero-order chi connectivity index (χ0) is 13.2. The molecule has 7 nitrogen and oxygen atoms in total. The molecule has 1 fully saturated rings. The number of carbonyl (C=O) groups is 1. The molecule has 1 heterocycles. The van der Waals surface area contributed by atoms with E-state index in [-0.39, 0.29) is 0 Å². The Balaban J connectivity index is 2.96. The van der Waals surface area contributed by atoms with E-state index in [4.69, 9.17) is 24.7 Å². The Morgan fingerprint density at radius 2 is 1.94 bits per heavy atom. The molecule has 1 rings (SSSR count). The lowest BCUT2D eigenvalue weighted by molar-refractivity contribution is -0.319. The highest BCUT2D eigenvalue weighted by Crippen LogP contribution is 2.33. The van der Waals surface area contributed by atoms with Gasteiger partial charge in [-0.15, -0.1) is 0 Å². The maximum atomic E-state index is 10.8. The Morgan fingerprint density at radius 3 is 2.35 bits per heavy atom. The van der Waals surface area contributed by atoms with Crippen molar-refractivity contribution in [3.05, 3.63) is 0 Å². The van der Waals surface area contributed by atoms with Crippen LogP contribution in [0.1, 0.15) is 13.8 Å². The molecular weight excluding hydrogens is 230 g/mol. The van der Waals surface area contributed by atoms with Crippen LogP contribution in [-0.4, -0.2) is 55.6 Å². The van der Waals surface area contributed by atoms with Gasteiger partial charge in [0.2, 0.25) is 0 Å². The number of hydrogen-bond acceptors (Lipinski definition) is 6. The molecule has 3 N–H and O–H groups in total. The van der Waals surface area contributed by atoms with Crippen LogP contribution in [0.25, 0.3) is 0 Å². The van der Waals surface area contributed by atoms with Gasteiger partial charge in [-0.3, -0.25) is 0 Å². The zero-order valence-electron chi connectivity index (χ0n) is 10.4. The van der Waals surface area contributed by atoms with E-state index in [1.165, 1.54) is 14.2 Å². The molecule has 17 heavy (non-hydrogen) atoms. The average Bonchev–Trinajstić information content (AvgIpc) is 2.22. The van der Waals surface area contributed by atoms with Crippen LogP contribution in [-0.2, 0) is 18.9 Å². The summed E-state index contributed by atoms with van der Waals surface area (Å²) in [5.74, 6) is 0. The fourth-order valence-corrected chi connectivity index (χ4v) is 2.04. The second kappa shape index (κ2) is 5.18. The second-order valence-corrected chi connectivity index (χ2v) is 4.37. The minimum atomic E-state index is -1.16. The van der Waals surface area contributed by atoms with Gasteiger partial charge in [-0.05, 0) is 13.8 Å². The molecule has 1 aliphatic rings. The topological polar surface area (TPSA) is 100 Å². The van der Waals surface area contributed by atoms with Gasteiger partial charge in [0.25, 0.3) is 0 Å². The van der Waals surface area contributed by atoms with Crippen LogP contribution in [0.2, 0.25) is 0 Å². The number of aliphatic hydroxyl groups excluding tert-OH is 1. The molecule has 1 aliphatic heterocycles. The predicted molar refractivity (Wildman–Crippen MR) is 57.2 cm³/mol. The molecule has 1 amide bonds. The van der Waals surface area contributed by atoms with Crippen molar-refractivity contribution >= 4 is 6.09 Å². The van der Waals surface area contributed by atoms with Crippen LogP contribution < -0.4 is 5.73 Å². The van der Waals surface area contributed by atoms with Crippen molar-refractivity contribution in [2.75, 3.05) is 14.2 Å². The Kier molecular flexibility index (Phi) is 4.31. The summed E-state index contributed by atoms with van der Waals surface area (Å²) in [6, 6.07) is 0. The maximum Gasteiger partial charge on any atom is 0.404 e. The lowest BCUT2D eigenvalue weighted by Crippen LogP contribution is -2.64. The van der Waals surface area contributed by atoms with Gasteiger partial charge in [-0.1, -0.05) is 0 Å². The van der Waals surface area contributed by atoms with E-state index in [1.54, 1.807) is 13.8 Å². The van der Waals surface area contributed by atoms with Crippen LogP contribution in [0.5, 0.6) is 0 Å². The van der Waals surface area contributed by atoms with Crippen LogP contribution in [0.15, 0.2) is 0 Å². The molecule has 0 radical (unpaired) electrons. The molecule has 100 valence electrons. The quantitative estimate of drug-likeness (QED) is 0.706. The van der Waals surface area contributed by atoms with Crippen LogP contribution >= 0.6 is 0 Å². The van der Waals surface area contributed by atoms with Gasteiger partial charge in [0, 0.05) is 14.2 Å². The maximum absolute atomic E-state index is 10.8. The summed E-state index contributed by atoms with van der Waals surface area (Å²) in [5, 5.41) is 9.95. The molecule has 0 aromatic heterocycles. The molecule has 0 aromatic rings. The van der Waals surface area contributed by atoms with Crippen molar-refractivity contribution in [3.63, 3.8) is 0 Å². The SMILES string of the molecule is COC1OC(C)(C)C(OC)C(OC(N)=O)C1O. The monoisotopic (exact) mass is 249 g/mol. The van der Waals surface area contributed by atoms with E-state index in [9.17, 15) is 9.90 Å². The Labute approximate surface area is 99.8 Å². The normalized spacial score (nSPS) is 36.5. The molecule has 7 heteroatoms. The standard InChI is InChI=1S/C10H19NO6/c1-10(2)7(14-3)6(16-9(11)13)5(12)8(15-4)17-10/h5-8,12H,1-4H3,(H2,11,13). The first-order chi connectivity index (χ1) is 7.83. The highest BCUT2D eigenvalue weighted by atomic mass is 16.7. The van der Waals surface area contributed by atoms with Crippen molar-refractivity contribution in [2.45, 2.75) is 44.1 Å². The number of rotatable bonds is 3. The number of carbonyl (C=O) groups excluding carboxylic acids is 1. The average molecular weight is 249 g/mol. The first kappa shape index (κ1) is 14.2. The number of amides is 1. The fourth-order valence-electron chi connectivity index (χ4n) is 2.04. The molecular formula is C10H19NO6. The molecule has 0 saturated carbocycles. The summed E-state index contributed by atoms with van der Waals surface area (Å²) in [6.07, 6.45) is -4.63. The lowest BCUT2D eigenvalue weighted by Gasteiger charge is -2.47. The van der Waals surface area contributed by atoms with E-state index >= 15 is 0 Å². The smallest absolute Gasteiger partial charge is 0.404 e. The van der Waals surface area contributed by atoms with Gasteiger partial charge >= 0.3 is 6.09 Å². The highest BCUT2D eigenvalue weighted by Gasteiger charge is 2.52. The summed E-state index contributed by atoms with van der Waals surface area (Å²) >= 11 is 0. The van der Waals surface area contributed by atoms with E-state index in [2.05, 4.69) is 0 Å². The van der Waals surface area contributed by atoms with E-state index in [1.807, 2.05) is 0 Å². The summed E-state index contributed by atoms with van der Waals surface area (Å²) < 4.78 is 20.6. The first-order valence-corrected chi connectivity index (χ1v) is 5.21. The largest absolute Gasteiger partial charge is 0.441 e. The van der Waals surface area contributed by atoms with Crippen LogP contribution in [0.3, 0.4) is 0 Å². The Hall–Kier alpha value is -0.890. The Bertz CT molecular complexity index is 282. The Morgan fingerprint density at radius 1 is 1.35 bits per heavy atom. The van der Waals surface area contributed by atoms with E-state index < -0.39 is 36.3 Å². The fraction of sp³-hybridized carbons (Fsp3) is 0.900. The van der Waals surface area contributed by atoms with Gasteiger partial charge in [0.15, 0.2) is 12.4 Å². The molecule has 4 unspecified atom stereocenters. The lowest BCUT2D eigenvalue weighted by atomic mass is 9.89. The number of primary amides is 1. The third-order valence-electron chi connectivity index (χ3n) is 2.76. The summed E-state index contributed by atoms with van der Waals surface area (Å²) in [7, 11) is 2.82. The van der Waals surface area contributed by atoms with Crippen molar-refractivity contribution < 1.29 is 28.8 Å². The third kappa shape index (κ3) is 2.86. The van der Waals surface area contributed by atoms with Crippen molar-refractivity contribution in [3.8, 4) is 0 Å².